The van der Waals surface area contributed by atoms with Crippen molar-refractivity contribution in [3.8, 4) is 0 Å². The summed E-state index contributed by atoms with van der Waals surface area (Å²) < 4.78 is 5.21. The van der Waals surface area contributed by atoms with Crippen molar-refractivity contribution in [1.29, 1.82) is 0 Å². The third-order valence-electron chi connectivity index (χ3n) is 3.60. The van der Waals surface area contributed by atoms with Crippen LogP contribution in [0.25, 0.3) is 11.0 Å². The second-order valence-electron chi connectivity index (χ2n) is 5.26. The highest BCUT2D eigenvalue weighted by molar-refractivity contribution is 6.42. The van der Waals surface area contributed by atoms with Gasteiger partial charge in [0.25, 0.3) is 0 Å². The zero-order chi connectivity index (χ0) is 16.4. The SMILES string of the molecule is C[C@H](NC(=O)Cc1noc2ccccc12)c1ccc(Cl)c(Cl)c1. The summed E-state index contributed by atoms with van der Waals surface area (Å²) in [5.41, 5.74) is 2.19. The van der Waals surface area contributed by atoms with Crippen LogP contribution in [0, 0.1) is 0 Å². The van der Waals surface area contributed by atoms with Crippen LogP contribution in [-0.4, -0.2) is 11.1 Å². The van der Waals surface area contributed by atoms with E-state index in [9.17, 15) is 4.79 Å². The number of para-hydroxylation sites is 1. The van der Waals surface area contributed by atoms with Crippen molar-refractivity contribution in [3.05, 3.63) is 63.8 Å². The maximum atomic E-state index is 12.2. The summed E-state index contributed by atoms with van der Waals surface area (Å²) >= 11 is 11.9. The molecule has 1 heterocycles. The summed E-state index contributed by atoms with van der Waals surface area (Å²) in [5, 5.41) is 8.70. The van der Waals surface area contributed by atoms with E-state index in [1.807, 2.05) is 37.3 Å². The average Bonchev–Trinajstić information content (AvgIpc) is 2.93. The van der Waals surface area contributed by atoms with E-state index in [-0.39, 0.29) is 18.4 Å². The molecule has 0 spiro atoms. The molecule has 1 N–H and O–H groups in total. The Hall–Kier alpha value is -2.04. The number of aromatic nitrogens is 1. The molecular weight excluding hydrogens is 335 g/mol. The highest BCUT2D eigenvalue weighted by Crippen LogP contribution is 2.25. The number of halogens is 2. The van der Waals surface area contributed by atoms with Crippen LogP contribution in [0.1, 0.15) is 24.2 Å². The summed E-state index contributed by atoms with van der Waals surface area (Å²) in [6, 6.07) is 12.6. The molecule has 0 aliphatic carbocycles. The van der Waals surface area contributed by atoms with E-state index >= 15 is 0 Å². The van der Waals surface area contributed by atoms with Crippen LogP contribution < -0.4 is 5.32 Å². The third-order valence-corrected chi connectivity index (χ3v) is 4.34. The van der Waals surface area contributed by atoms with Gasteiger partial charge in [-0.15, -0.1) is 0 Å². The third kappa shape index (κ3) is 3.49. The molecule has 0 bridgehead atoms. The van der Waals surface area contributed by atoms with E-state index < -0.39 is 0 Å². The molecule has 1 amide bonds. The Morgan fingerprint density at radius 2 is 2.00 bits per heavy atom. The maximum Gasteiger partial charge on any atom is 0.226 e. The summed E-state index contributed by atoms with van der Waals surface area (Å²) in [6.07, 6.45) is 0.155. The van der Waals surface area contributed by atoms with E-state index in [4.69, 9.17) is 27.7 Å². The molecule has 0 saturated carbocycles. The van der Waals surface area contributed by atoms with Gasteiger partial charge in [0.05, 0.1) is 22.5 Å². The molecule has 3 rings (SSSR count). The zero-order valence-corrected chi connectivity index (χ0v) is 13.9. The average molecular weight is 349 g/mol. The first-order valence-electron chi connectivity index (χ1n) is 7.12. The predicted molar refractivity (Wildman–Crippen MR) is 90.7 cm³/mol. The minimum absolute atomic E-state index is 0.136. The number of benzene rings is 2. The van der Waals surface area contributed by atoms with Gasteiger partial charge in [-0.2, -0.15) is 0 Å². The van der Waals surface area contributed by atoms with E-state index in [2.05, 4.69) is 10.5 Å². The first-order valence-corrected chi connectivity index (χ1v) is 7.88. The minimum atomic E-state index is -0.185. The van der Waals surface area contributed by atoms with Gasteiger partial charge in [-0.05, 0) is 36.8 Å². The van der Waals surface area contributed by atoms with Gasteiger partial charge in [0.15, 0.2) is 5.58 Å². The first-order chi connectivity index (χ1) is 11.0. The summed E-state index contributed by atoms with van der Waals surface area (Å²) in [4.78, 5) is 12.2. The number of hydrogen-bond acceptors (Lipinski definition) is 3. The lowest BCUT2D eigenvalue weighted by molar-refractivity contribution is -0.121. The highest BCUT2D eigenvalue weighted by atomic mass is 35.5. The van der Waals surface area contributed by atoms with Crippen LogP contribution >= 0.6 is 23.2 Å². The van der Waals surface area contributed by atoms with Gasteiger partial charge in [0.1, 0.15) is 5.69 Å². The van der Waals surface area contributed by atoms with E-state index in [0.717, 1.165) is 10.9 Å². The topological polar surface area (TPSA) is 55.1 Å². The number of nitrogens with zero attached hydrogens (tertiary/aromatic N) is 1. The van der Waals surface area contributed by atoms with Gasteiger partial charge >= 0.3 is 0 Å². The molecule has 1 aromatic heterocycles. The Labute approximate surface area is 143 Å². The number of rotatable bonds is 4. The smallest absolute Gasteiger partial charge is 0.226 e. The molecule has 0 radical (unpaired) electrons. The summed E-state index contributed by atoms with van der Waals surface area (Å²) in [5.74, 6) is -0.136. The Morgan fingerprint density at radius 1 is 1.22 bits per heavy atom. The number of hydrogen-bond donors (Lipinski definition) is 1. The lowest BCUT2D eigenvalue weighted by atomic mass is 10.1. The summed E-state index contributed by atoms with van der Waals surface area (Å²) in [6.45, 7) is 1.89. The van der Waals surface area contributed by atoms with Crippen molar-refractivity contribution < 1.29 is 9.32 Å². The molecule has 0 aliphatic heterocycles. The maximum absolute atomic E-state index is 12.2. The quantitative estimate of drug-likeness (QED) is 0.752. The molecule has 0 saturated heterocycles. The van der Waals surface area contributed by atoms with Crippen LogP contribution in [0.4, 0.5) is 0 Å². The Balaban J connectivity index is 1.70. The largest absolute Gasteiger partial charge is 0.356 e. The number of nitrogens with one attached hydrogen (secondary N) is 1. The molecule has 1 atom stereocenters. The second kappa shape index (κ2) is 6.60. The molecule has 4 nitrogen and oxygen atoms in total. The molecule has 3 aromatic rings. The highest BCUT2D eigenvalue weighted by Gasteiger charge is 2.15. The Kier molecular flexibility index (Phi) is 4.55. The molecular formula is C17H14Cl2N2O2. The van der Waals surface area contributed by atoms with Crippen molar-refractivity contribution in [1.82, 2.24) is 10.5 Å². The predicted octanol–water partition coefficient (Wildman–Crippen LogP) is 4.55. The van der Waals surface area contributed by atoms with Crippen molar-refractivity contribution in [3.63, 3.8) is 0 Å². The van der Waals surface area contributed by atoms with E-state index in [1.165, 1.54) is 0 Å². The fraction of sp³-hybridized carbons (Fsp3) is 0.176. The van der Waals surface area contributed by atoms with Crippen molar-refractivity contribution >= 4 is 40.1 Å². The molecule has 0 fully saturated rings. The molecule has 6 heteroatoms. The van der Waals surface area contributed by atoms with E-state index in [1.54, 1.807) is 12.1 Å². The van der Waals surface area contributed by atoms with E-state index in [0.29, 0.717) is 21.3 Å². The molecule has 0 aliphatic rings. The van der Waals surface area contributed by atoms with Gasteiger partial charge in [0.2, 0.25) is 5.91 Å². The van der Waals surface area contributed by atoms with Crippen LogP contribution in [0.3, 0.4) is 0 Å². The van der Waals surface area contributed by atoms with Crippen molar-refractivity contribution in [2.75, 3.05) is 0 Å². The Morgan fingerprint density at radius 3 is 2.78 bits per heavy atom. The normalized spacial score (nSPS) is 12.3. The van der Waals surface area contributed by atoms with Crippen molar-refractivity contribution in [2.45, 2.75) is 19.4 Å². The number of carbonyl (C=O) groups is 1. The van der Waals surface area contributed by atoms with Gasteiger partial charge in [-0.25, -0.2) is 0 Å². The molecule has 118 valence electrons. The number of amides is 1. The molecule has 2 aromatic carbocycles. The van der Waals surface area contributed by atoms with Gasteiger partial charge < -0.3 is 9.84 Å². The standard InChI is InChI=1S/C17H14Cl2N2O2/c1-10(11-6-7-13(18)14(19)8-11)20-17(22)9-15-12-4-2-3-5-16(12)23-21-15/h2-8,10H,9H2,1H3,(H,20,22)/t10-/m0/s1. The monoisotopic (exact) mass is 348 g/mol. The van der Waals surface area contributed by atoms with Crippen LogP contribution in [-0.2, 0) is 11.2 Å². The fourth-order valence-electron chi connectivity index (χ4n) is 2.38. The lowest BCUT2D eigenvalue weighted by Gasteiger charge is -2.14. The van der Waals surface area contributed by atoms with Crippen LogP contribution in [0.2, 0.25) is 10.0 Å². The lowest BCUT2D eigenvalue weighted by Crippen LogP contribution is -2.28. The van der Waals surface area contributed by atoms with Gasteiger partial charge in [-0.1, -0.05) is 46.6 Å². The van der Waals surface area contributed by atoms with Crippen molar-refractivity contribution in [2.24, 2.45) is 0 Å². The first kappa shape index (κ1) is 15.8. The molecule has 0 unspecified atom stereocenters. The van der Waals surface area contributed by atoms with Crippen LogP contribution in [0.15, 0.2) is 47.0 Å². The second-order valence-corrected chi connectivity index (χ2v) is 6.08. The van der Waals surface area contributed by atoms with Gasteiger partial charge in [0, 0.05) is 5.39 Å². The Bertz CT molecular complexity index is 861. The summed E-state index contributed by atoms with van der Waals surface area (Å²) in [7, 11) is 0. The molecule has 23 heavy (non-hydrogen) atoms. The number of carbonyl (C=O) groups excluding carboxylic acids is 1. The fourth-order valence-corrected chi connectivity index (χ4v) is 2.68. The van der Waals surface area contributed by atoms with Crippen LogP contribution in [0.5, 0.6) is 0 Å². The van der Waals surface area contributed by atoms with Gasteiger partial charge in [-0.3, -0.25) is 4.79 Å². The zero-order valence-electron chi connectivity index (χ0n) is 12.3. The minimum Gasteiger partial charge on any atom is -0.356 e. The number of fused-ring (bicyclic) bond motifs is 1.